The molecular formula is C14H22N2O. The lowest BCUT2D eigenvalue weighted by Crippen LogP contribution is -2.32. The van der Waals surface area contributed by atoms with Crippen LogP contribution in [0.1, 0.15) is 30.9 Å². The van der Waals surface area contributed by atoms with E-state index in [9.17, 15) is 4.79 Å². The smallest absolute Gasteiger partial charge is 0.321 e. The third-order valence-electron chi connectivity index (χ3n) is 2.95. The van der Waals surface area contributed by atoms with E-state index in [2.05, 4.69) is 19.2 Å². The number of unbranched alkanes of at least 4 members (excludes halogenated alkanes) is 1. The molecule has 1 rings (SSSR count). The molecule has 0 heterocycles. The zero-order chi connectivity index (χ0) is 12.8. The molecule has 0 saturated heterocycles. The number of nitrogens with one attached hydrogen (secondary N) is 1. The van der Waals surface area contributed by atoms with Crippen molar-refractivity contribution in [3.8, 4) is 0 Å². The van der Waals surface area contributed by atoms with E-state index in [-0.39, 0.29) is 6.03 Å². The number of hydrogen-bond donors (Lipinski definition) is 1. The fourth-order valence-electron chi connectivity index (χ4n) is 1.53. The number of benzene rings is 1. The zero-order valence-electron chi connectivity index (χ0n) is 11.2. The first kappa shape index (κ1) is 13.6. The fraction of sp³-hybridized carbons (Fsp3) is 0.500. The Labute approximate surface area is 104 Å². The monoisotopic (exact) mass is 234 g/mol. The van der Waals surface area contributed by atoms with Crippen molar-refractivity contribution in [3.63, 3.8) is 0 Å². The van der Waals surface area contributed by atoms with Gasteiger partial charge in [0.25, 0.3) is 0 Å². The van der Waals surface area contributed by atoms with Gasteiger partial charge in [0.05, 0.1) is 0 Å². The molecule has 0 spiro atoms. The van der Waals surface area contributed by atoms with Crippen LogP contribution >= 0.6 is 0 Å². The van der Waals surface area contributed by atoms with Gasteiger partial charge in [0.15, 0.2) is 0 Å². The average molecular weight is 234 g/mol. The van der Waals surface area contributed by atoms with E-state index in [0.717, 1.165) is 25.1 Å². The van der Waals surface area contributed by atoms with Gasteiger partial charge in [-0.2, -0.15) is 0 Å². The standard InChI is InChI=1S/C14H22N2O/c1-5-6-9-16(4)14(17)15-13-8-7-11(2)12(3)10-13/h7-8,10H,5-6,9H2,1-4H3,(H,15,17). The molecule has 0 saturated carbocycles. The minimum absolute atomic E-state index is 0.0401. The first-order valence-electron chi connectivity index (χ1n) is 6.14. The number of hydrogen-bond acceptors (Lipinski definition) is 1. The molecule has 1 N–H and O–H groups in total. The maximum absolute atomic E-state index is 11.8. The summed E-state index contributed by atoms with van der Waals surface area (Å²) < 4.78 is 0. The number of anilines is 1. The van der Waals surface area contributed by atoms with E-state index < -0.39 is 0 Å². The SMILES string of the molecule is CCCCN(C)C(=O)Nc1ccc(C)c(C)c1. The second-order valence-corrected chi connectivity index (χ2v) is 4.50. The van der Waals surface area contributed by atoms with Crippen molar-refractivity contribution in [1.29, 1.82) is 0 Å². The van der Waals surface area contributed by atoms with Gasteiger partial charge in [-0.05, 0) is 43.5 Å². The number of amides is 2. The summed E-state index contributed by atoms with van der Waals surface area (Å²) in [5.41, 5.74) is 3.29. The molecule has 2 amide bonds. The van der Waals surface area contributed by atoms with Crippen molar-refractivity contribution in [2.45, 2.75) is 33.6 Å². The zero-order valence-corrected chi connectivity index (χ0v) is 11.2. The predicted molar refractivity (Wildman–Crippen MR) is 72.5 cm³/mol. The van der Waals surface area contributed by atoms with Crippen LogP contribution in [0.2, 0.25) is 0 Å². The number of carbonyl (C=O) groups is 1. The minimum atomic E-state index is -0.0401. The Morgan fingerprint density at radius 3 is 2.59 bits per heavy atom. The molecular weight excluding hydrogens is 212 g/mol. The second-order valence-electron chi connectivity index (χ2n) is 4.50. The molecule has 0 aliphatic heterocycles. The van der Waals surface area contributed by atoms with E-state index in [1.807, 2.05) is 32.2 Å². The van der Waals surface area contributed by atoms with Gasteiger partial charge in [-0.3, -0.25) is 0 Å². The maximum Gasteiger partial charge on any atom is 0.321 e. The van der Waals surface area contributed by atoms with Crippen LogP contribution in [0, 0.1) is 13.8 Å². The highest BCUT2D eigenvalue weighted by molar-refractivity contribution is 5.89. The van der Waals surface area contributed by atoms with Crippen molar-refractivity contribution in [2.75, 3.05) is 18.9 Å². The Balaban J connectivity index is 2.58. The molecule has 0 fully saturated rings. The van der Waals surface area contributed by atoms with Crippen molar-refractivity contribution in [3.05, 3.63) is 29.3 Å². The van der Waals surface area contributed by atoms with Crippen LogP contribution < -0.4 is 5.32 Å². The minimum Gasteiger partial charge on any atom is -0.328 e. The van der Waals surface area contributed by atoms with E-state index in [1.54, 1.807) is 4.90 Å². The summed E-state index contributed by atoms with van der Waals surface area (Å²) in [7, 11) is 1.83. The second kappa shape index (κ2) is 6.28. The lowest BCUT2D eigenvalue weighted by atomic mass is 10.1. The van der Waals surface area contributed by atoms with Crippen molar-refractivity contribution >= 4 is 11.7 Å². The molecule has 3 nitrogen and oxygen atoms in total. The van der Waals surface area contributed by atoms with Gasteiger partial charge in [0, 0.05) is 19.3 Å². The van der Waals surface area contributed by atoms with Crippen LogP contribution in [0.15, 0.2) is 18.2 Å². The van der Waals surface area contributed by atoms with E-state index >= 15 is 0 Å². The Hall–Kier alpha value is -1.51. The van der Waals surface area contributed by atoms with Crippen LogP contribution in [-0.4, -0.2) is 24.5 Å². The van der Waals surface area contributed by atoms with E-state index in [4.69, 9.17) is 0 Å². The molecule has 0 aromatic heterocycles. The van der Waals surface area contributed by atoms with Gasteiger partial charge < -0.3 is 10.2 Å². The van der Waals surface area contributed by atoms with Crippen molar-refractivity contribution in [1.82, 2.24) is 4.90 Å². The van der Waals surface area contributed by atoms with Crippen molar-refractivity contribution < 1.29 is 4.79 Å². The topological polar surface area (TPSA) is 32.3 Å². The van der Waals surface area contributed by atoms with E-state index in [1.165, 1.54) is 11.1 Å². The number of rotatable bonds is 4. The van der Waals surface area contributed by atoms with Gasteiger partial charge in [-0.1, -0.05) is 19.4 Å². The summed E-state index contributed by atoms with van der Waals surface area (Å²) in [4.78, 5) is 13.6. The molecule has 0 aliphatic carbocycles. The first-order valence-corrected chi connectivity index (χ1v) is 6.14. The lowest BCUT2D eigenvalue weighted by Gasteiger charge is -2.17. The molecule has 0 bridgehead atoms. The van der Waals surface area contributed by atoms with Crippen LogP contribution in [0.3, 0.4) is 0 Å². The highest BCUT2D eigenvalue weighted by Crippen LogP contribution is 2.14. The van der Waals surface area contributed by atoms with Gasteiger partial charge in [0.2, 0.25) is 0 Å². The number of carbonyl (C=O) groups excluding carboxylic acids is 1. The summed E-state index contributed by atoms with van der Waals surface area (Å²) in [6, 6.07) is 5.92. The van der Waals surface area contributed by atoms with Crippen LogP contribution in [0.25, 0.3) is 0 Å². The summed E-state index contributed by atoms with van der Waals surface area (Å²) in [6.07, 6.45) is 2.14. The Morgan fingerprint density at radius 2 is 2.00 bits per heavy atom. The average Bonchev–Trinajstić information content (AvgIpc) is 2.30. The molecule has 94 valence electrons. The fourth-order valence-corrected chi connectivity index (χ4v) is 1.53. The van der Waals surface area contributed by atoms with Crippen molar-refractivity contribution in [2.24, 2.45) is 0 Å². The number of nitrogens with zero attached hydrogens (tertiary/aromatic N) is 1. The third kappa shape index (κ3) is 4.10. The summed E-state index contributed by atoms with van der Waals surface area (Å²) >= 11 is 0. The van der Waals surface area contributed by atoms with Crippen LogP contribution in [0.4, 0.5) is 10.5 Å². The van der Waals surface area contributed by atoms with Crippen LogP contribution in [0.5, 0.6) is 0 Å². The number of aryl methyl sites for hydroxylation is 2. The molecule has 0 aliphatic rings. The van der Waals surface area contributed by atoms with Gasteiger partial charge in [-0.15, -0.1) is 0 Å². The molecule has 1 aromatic carbocycles. The molecule has 3 heteroatoms. The van der Waals surface area contributed by atoms with Gasteiger partial charge >= 0.3 is 6.03 Å². The molecule has 0 radical (unpaired) electrons. The largest absolute Gasteiger partial charge is 0.328 e. The Kier molecular flexibility index (Phi) is 5.01. The first-order chi connectivity index (χ1) is 8.04. The Bertz CT molecular complexity index is 388. The predicted octanol–water partition coefficient (Wildman–Crippen LogP) is 3.57. The molecule has 17 heavy (non-hydrogen) atoms. The molecule has 0 atom stereocenters. The normalized spacial score (nSPS) is 10.1. The molecule has 1 aromatic rings. The van der Waals surface area contributed by atoms with Crippen LogP contribution in [-0.2, 0) is 0 Å². The summed E-state index contributed by atoms with van der Waals surface area (Å²) in [5, 5.41) is 2.91. The summed E-state index contributed by atoms with van der Waals surface area (Å²) in [5.74, 6) is 0. The maximum atomic E-state index is 11.8. The Morgan fingerprint density at radius 1 is 1.29 bits per heavy atom. The highest BCUT2D eigenvalue weighted by atomic mass is 16.2. The summed E-state index contributed by atoms with van der Waals surface area (Å²) in [6.45, 7) is 7.03. The number of urea groups is 1. The highest BCUT2D eigenvalue weighted by Gasteiger charge is 2.08. The van der Waals surface area contributed by atoms with E-state index in [0.29, 0.717) is 0 Å². The van der Waals surface area contributed by atoms with Gasteiger partial charge in [0.1, 0.15) is 0 Å². The molecule has 0 unspecified atom stereocenters. The van der Waals surface area contributed by atoms with Gasteiger partial charge in [-0.25, -0.2) is 4.79 Å². The quantitative estimate of drug-likeness (QED) is 0.848. The third-order valence-corrected chi connectivity index (χ3v) is 2.95. The lowest BCUT2D eigenvalue weighted by molar-refractivity contribution is 0.222.